The molecule has 1 amide bonds. The van der Waals surface area contributed by atoms with E-state index in [-0.39, 0.29) is 5.91 Å². The zero-order chi connectivity index (χ0) is 20.5. The van der Waals surface area contributed by atoms with Crippen molar-refractivity contribution in [1.82, 2.24) is 10.2 Å². The molecule has 3 rings (SSSR count). The van der Waals surface area contributed by atoms with Crippen molar-refractivity contribution in [2.45, 2.75) is 64.3 Å². The van der Waals surface area contributed by atoms with E-state index in [0.29, 0.717) is 18.9 Å². The maximum atomic E-state index is 12.4. The van der Waals surface area contributed by atoms with Crippen LogP contribution in [0.5, 0.6) is 11.5 Å². The Morgan fingerprint density at radius 1 is 1.07 bits per heavy atom. The predicted octanol–water partition coefficient (Wildman–Crippen LogP) is 4.39. The van der Waals surface area contributed by atoms with Crippen molar-refractivity contribution in [2.75, 3.05) is 33.9 Å². The van der Waals surface area contributed by atoms with Gasteiger partial charge in [0.1, 0.15) is 11.5 Å². The van der Waals surface area contributed by atoms with Gasteiger partial charge >= 0.3 is 0 Å². The summed E-state index contributed by atoms with van der Waals surface area (Å²) in [4.78, 5) is 15.1. The van der Waals surface area contributed by atoms with Gasteiger partial charge in [-0.3, -0.25) is 4.79 Å². The number of benzene rings is 1. The van der Waals surface area contributed by atoms with Gasteiger partial charge in [-0.2, -0.15) is 0 Å². The highest BCUT2D eigenvalue weighted by Gasteiger charge is 2.23. The number of methoxy groups -OCH3 is 2. The molecule has 5 nitrogen and oxygen atoms in total. The lowest BCUT2D eigenvalue weighted by Crippen LogP contribution is -2.39. The molecule has 0 radical (unpaired) electrons. The zero-order valence-corrected chi connectivity index (χ0v) is 18.3. The number of nitrogens with one attached hydrogen (secondary N) is 1. The maximum absolute atomic E-state index is 12.4. The fourth-order valence-electron chi connectivity index (χ4n) is 4.90. The highest BCUT2D eigenvalue weighted by atomic mass is 16.5. The van der Waals surface area contributed by atoms with E-state index in [2.05, 4.69) is 10.2 Å². The van der Waals surface area contributed by atoms with Crippen molar-refractivity contribution in [1.29, 1.82) is 0 Å². The summed E-state index contributed by atoms with van der Waals surface area (Å²) in [5, 5.41) is 3.05. The van der Waals surface area contributed by atoms with E-state index in [1.807, 2.05) is 18.2 Å². The van der Waals surface area contributed by atoms with Gasteiger partial charge in [0.15, 0.2) is 0 Å². The van der Waals surface area contributed by atoms with Crippen LogP contribution < -0.4 is 14.8 Å². The molecule has 1 saturated heterocycles. The number of ether oxygens (including phenoxy) is 2. The molecule has 1 heterocycles. The first-order chi connectivity index (χ1) is 14.2. The standard InChI is InChI=1S/C24H38N2O3/c1-28-22-12-11-21(23(15-22)29-2)16-25-24(27)13-10-20-9-6-14-26(18-20)17-19-7-4-3-5-8-19/h11-12,15,19-20H,3-10,13-14,16-18H2,1-2H3,(H,25,27). The molecule has 0 aromatic heterocycles. The largest absolute Gasteiger partial charge is 0.497 e. The van der Waals surface area contributed by atoms with Gasteiger partial charge in [-0.25, -0.2) is 0 Å². The lowest BCUT2D eigenvalue weighted by molar-refractivity contribution is -0.121. The first-order valence-electron chi connectivity index (χ1n) is 11.4. The van der Waals surface area contributed by atoms with E-state index >= 15 is 0 Å². The molecule has 1 unspecified atom stereocenters. The number of piperidine rings is 1. The van der Waals surface area contributed by atoms with Gasteiger partial charge in [0.2, 0.25) is 5.91 Å². The second-order valence-electron chi connectivity index (χ2n) is 8.77. The summed E-state index contributed by atoms with van der Waals surface area (Å²) in [7, 11) is 3.28. The molecule has 1 atom stereocenters. The smallest absolute Gasteiger partial charge is 0.220 e. The summed E-state index contributed by atoms with van der Waals surface area (Å²) in [6.45, 7) is 4.19. The van der Waals surface area contributed by atoms with E-state index in [4.69, 9.17) is 9.47 Å². The topological polar surface area (TPSA) is 50.8 Å². The number of amides is 1. The van der Waals surface area contributed by atoms with E-state index in [1.165, 1.54) is 64.6 Å². The number of likely N-dealkylation sites (tertiary alicyclic amines) is 1. The molecule has 2 aliphatic rings. The minimum Gasteiger partial charge on any atom is -0.497 e. The fourth-order valence-corrected chi connectivity index (χ4v) is 4.90. The highest BCUT2D eigenvalue weighted by Crippen LogP contribution is 2.28. The van der Waals surface area contributed by atoms with Gasteiger partial charge in [-0.1, -0.05) is 19.3 Å². The normalized spacial score (nSPS) is 21.0. The highest BCUT2D eigenvalue weighted by molar-refractivity contribution is 5.75. The fraction of sp³-hybridized carbons (Fsp3) is 0.708. The van der Waals surface area contributed by atoms with Crippen LogP contribution in [0.2, 0.25) is 0 Å². The summed E-state index contributed by atoms with van der Waals surface area (Å²) < 4.78 is 10.6. The van der Waals surface area contributed by atoms with Gasteiger partial charge in [0.25, 0.3) is 0 Å². The van der Waals surface area contributed by atoms with Gasteiger partial charge < -0.3 is 19.7 Å². The molecule has 0 spiro atoms. The van der Waals surface area contributed by atoms with Crippen LogP contribution in [0.15, 0.2) is 18.2 Å². The molecule has 1 aromatic carbocycles. The Morgan fingerprint density at radius 3 is 2.62 bits per heavy atom. The number of carbonyl (C=O) groups is 1. The predicted molar refractivity (Wildman–Crippen MR) is 116 cm³/mol. The van der Waals surface area contributed by atoms with Crippen LogP contribution in [0.25, 0.3) is 0 Å². The van der Waals surface area contributed by atoms with Crippen LogP contribution in [0.4, 0.5) is 0 Å². The minimum atomic E-state index is 0.132. The number of hydrogen-bond donors (Lipinski definition) is 1. The number of rotatable bonds is 9. The van der Waals surface area contributed by atoms with Gasteiger partial charge in [-0.05, 0) is 62.6 Å². The Bertz CT molecular complexity index is 643. The minimum absolute atomic E-state index is 0.132. The van der Waals surface area contributed by atoms with Crippen molar-refractivity contribution in [3.63, 3.8) is 0 Å². The van der Waals surface area contributed by atoms with Gasteiger partial charge in [0, 0.05) is 37.7 Å². The van der Waals surface area contributed by atoms with Crippen LogP contribution in [-0.2, 0) is 11.3 Å². The summed E-state index contributed by atoms with van der Waals surface area (Å²) >= 11 is 0. The molecule has 0 bridgehead atoms. The number of carbonyl (C=O) groups excluding carboxylic acids is 1. The SMILES string of the molecule is COc1ccc(CNC(=O)CCC2CCCN(CC3CCCCC3)C2)c(OC)c1. The van der Waals surface area contributed by atoms with Crippen molar-refractivity contribution < 1.29 is 14.3 Å². The molecule has 5 heteroatoms. The molecular formula is C24H38N2O3. The second kappa shape index (κ2) is 11.4. The molecule has 1 aromatic rings. The van der Waals surface area contributed by atoms with Gasteiger partial charge in [-0.15, -0.1) is 0 Å². The second-order valence-corrected chi connectivity index (χ2v) is 8.77. The lowest BCUT2D eigenvalue weighted by Gasteiger charge is -2.36. The van der Waals surface area contributed by atoms with Crippen LogP contribution in [0, 0.1) is 11.8 Å². The molecule has 2 fully saturated rings. The van der Waals surface area contributed by atoms with Crippen LogP contribution in [0.3, 0.4) is 0 Å². The van der Waals surface area contributed by atoms with E-state index in [0.717, 1.165) is 29.4 Å². The Balaban J connectivity index is 1.38. The summed E-state index contributed by atoms with van der Waals surface area (Å²) in [5.41, 5.74) is 0.970. The third-order valence-electron chi connectivity index (χ3n) is 6.59. The monoisotopic (exact) mass is 402 g/mol. The quantitative estimate of drug-likeness (QED) is 0.665. The summed E-state index contributed by atoms with van der Waals surface area (Å²) in [6.07, 6.45) is 11.2. The molecule has 29 heavy (non-hydrogen) atoms. The molecule has 1 aliphatic carbocycles. The first-order valence-corrected chi connectivity index (χ1v) is 11.4. The van der Waals surface area contributed by atoms with E-state index in [1.54, 1.807) is 14.2 Å². The summed E-state index contributed by atoms with van der Waals surface area (Å²) in [5.74, 6) is 3.20. The Kier molecular flexibility index (Phi) is 8.66. The Hall–Kier alpha value is -1.75. The number of hydrogen-bond acceptors (Lipinski definition) is 4. The van der Waals surface area contributed by atoms with E-state index < -0.39 is 0 Å². The van der Waals surface area contributed by atoms with Crippen molar-refractivity contribution >= 4 is 5.91 Å². The average molecular weight is 403 g/mol. The summed E-state index contributed by atoms with van der Waals surface area (Å²) in [6, 6.07) is 5.69. The maximum Gasteiger partial charge on any atom is 0.220 e. The molecule has 162 valence electrons. The van der Waals surface area contributed by atoms with Crippen molar-refractivity contribution in [3.8, 4) is 11.5 Å². The van der Waals surface area contributed by atoms with E-state index in [9.17, 15) is 4.79 Å². The average Bonchev–Trinajstić information content (AvgIpc) is 2.77. The molecule has 1 aliphatic heterocycles. The van der Waals surface area contributed by atoms with Crippen LogP contribution in [0.1, 0.15) is 63.4 Å². The van der Waals surface area contributed by atoms with Crippen LogP contribution in [-0.4, -0.2) is 44.7 Å². The zero-order valence-electron chi connectivity index (χ0n) is 18.3. The number of nitrogens with zero attached hydrogens (tertiary/aromatic N) is 1. The lowest BCUT2D eigenvalue weighted by atomic mass is 9.87. The third-order valence-corrected chi connectivity index (χ3v) is 6.59. The van der Waals surface area contributed by atoms with Crippen LogP contribution >= 0.6 is 0 Å². The molecule has 1 N–H and O–H groups in total. The van der Waals surface area contributed by atoms with Crippen molar-refractivity contribution in [3.05, 3.63) is 23.8 Å². The molecular weight excluding hydrogens is 364 g/mol. The Morgan fingerprint density at radius 2 is 1.86 bits per heavy atom. The Labute approximate surface area is 176 Å². The molecule has 1 saturated carbocycles. The van der Waals surface area contributed by atoms with Gasteiger partial charge in [0.05, 0.1) is 14.2 Å². The third kappa shape index (κ3) is 6.91. The first kappa shape index (κ1) is 21.9. The van der Waals surface area contributed by atoms with Crippen molar-refractivity contribution in [2.24, 2.45) is 11.8 Å².